The number of nitrogens with one attached hydrogen (secondary N) is 1. The zero-order chi connectivity index (χ0) is 13.0. The molecule has 98 valence electrons. The van der Waals surface area contributed by atoms with E-state index < -0.39 is 0 Å². The van der Waals surface area contributed by atoms with E-state index in [1.165, 1.54) is 7.11 Å². The van der Waals surface area contributed by atoms with Crippen LogP contribution in [0.1, 0.15) is 23.2 Å². The molecule has 0 radical (unpaired) electrons. The second-order valence-corrected chi connectivity index (χ2v) is 4.30. The summed E-state index contributed by atoms with van der Waals surface area (Å²) < 4.78 is 10.5. The van der Waals surface area contributed by atoms with Crippen molar-refractivity contribution in [3.05, 3.63) is 23.8 Å². The standard InChI is InChI=1S/C13H18N2O3/c1-17-12-7-9(4-5-11(12)14)13(16)15-8-10-3-2-6-18-10/h4-5,7,10H,2-3,6,8,14H2,1H3,(H,15,16). The van der Waals surface area contributed by atoms with Gasteiger partial charge < -0.3 is 20.5 Å². The van der Waals surface area contributed by atoms with Crippen LogP contribution >= 0.6 is 0 Å². The number of rotatable bonds is 4. The maximum absolute atomic E-state index is 11.9. The van der Waals surface area contributed by atoms with E-state index in [0.29, 0.717) is 23.5 Å². The van der Waals surface area contributed by atoms with Crippen LogP contribution < -0.4 is 15.8 Å². The second kappa shape index (κ2) is 5.73. The van der Waals surface area contributed by atoms with Gasteiger partial charge >= 0.3 is 0 Å². The highest BCUT2D eigenvalue weighted by Gasteiger charge is 2.17. The summed E-state index contributed by atoms with van der Waals surface area (Å²) in [6, 6.07) is 4.99. The molecule has 0 spiro atoms. The third kappa shape index (κ3) is 2.92. The van der Waals surface area contributed by atoms with Crippen LogP contribution in [0.25, 0.3) is 0 Å². The van der Waals surface area contributed by atoms with Gasteiger partial charge in [0.15, 0.2) is 0 Å². The molecule has 1 aliphatic rings. The maximum Gasteiger partial charge on any atom is 0.251 e. The second-order valence-electron chi connectivity index (χ2n) is 4.30. The van der Waals surface area contributed by atoms with Gasteiger partial charge in [0.05, 0.1) is 18.9 Å². The molecule has 1 amide bonds. The molecule has 2 rings (SSSR count). The Labute approximate surface area is 106 Å². The Morgan fingerprint density at radius 3 is 3.11 bits per heavy atom. The molecule has 0 bridgehead atoms. The van der Waals surface area contributed by atoms with Gasteiger partial charge in [-0.1, -0.05) is 0 Å². The Morgan fingerprint density at radius 1 is 1.61 bits per heavy atom. The highest BCUT2D eigenvalue weighted by molar-refractivity contribution is 5.95. The lowest BCUT2D eigenvalue weighted by atomic mass is 10.1. The van der Waals surface area contributed by atoms with Crippen LogP contribution in [0.5, 0.6) is 5.75 Å². The van der Waals surface area contributed by atoms with E-state index in [-0.39, 0.29) is 12.0 Å². The first-order valence-electron chi connectivity index (χ1n) is 6.04. The number of hydrogen-bond donors (Lipinski definition) is 2. The number of nitrogens with two attached hydrogens (primary N) is 1. The lowest BCUT2D eigenvalue weighted by molar-refractivity contribution is 0.0857. The first-order valence-corrected chi connectivity index (χ1v) is 6.04. The number of carbonyl (C=O) groups is 1. The number of anilines is 1. The van der Waals surface area contributed by atoms with Gasteiger partial charge in [0.25, 0.3) is 5.91 Å². The lowest BCUT2D eigenvalue weighted by Crippen LogP contribution is -2.31. The fourth-order valence-electron chi connectivity index (χ4n) is 1.97. The van der Waals surface area contributed by atoms with Gasteiger partial charge in [-0.05, 0) is 31.0 Å². The first-order chi connectivity index (χ1) is 8.70. The van der Waals surface area contributed by atoms with E-state index in [0.717, 1.165) is 19.4 Å². The highest BCUT2D eigenvalue weighted by atomic mass is 16.5. The molecule has 1 fully saturated rings. The molecule has 3 N–H and O–H groups in total. The van der Waals surface area contributed by atoms with Gasteiger partial charge in [-0.3, -0.25) is 4.79 Å². The Hall–Kier alpha value is -1.75. The fraction of sp³-hybridized carbons (Fsp3) is 0.462. The summed E-state index contributed by atoms with van der Waals surface area (Å²) in [5.74, 6) is 0.378. The van der Waals surface area contributed by atoms with Crippen LogP contribution in [-0.2, 0) is 4.74 Å². The molecule has 18 heavy (non-hydrogen) atoms. The normalized spacial score (nSPS) is 18.6. The number of ether oxygens (including phenoxy) is 2. The van der Waals surface area contributed by atoms with Crippen LogP contribution in [0.3, 0.4) is 0 Å². The quantitative estimate of drug-likeness (QED) is 0.787. The van der Waals surface area contributed by atoms with Crippen LogP contribution in [0.4, 0.5) is 5.69 Å². The van der Waals surface area contributed by atoms with Crippen molar-refractivity contribution in [3.63, 3.8) is 0 Å². The van der Waals surface area contributed by atoms with Gasteiger partial charge in [0.2, 0.25) is 0 Å². The zero-order valence-corrected chi connectivity index (χ0v) is 10.4. The smallest absolute Gasteiger partial charge is 0.251 e. The molecule has 1 aromatic carbocycles. The Balaban J connectivity index is 1.95. The van der Waals surface area contributed by atoms with Crippen molar-refractivity contribution in [2.24, 2.45) is 0 Å². The summed E-state index contributed by atoms with van der Waals surface area (Å²) in [6.07, 6.45) is 2.21. The molecule has 5 nitrogen and oxygen atoms in total. The minimum absolute atomic E-state index is 0.135. The molecule has 0 aliphatic carbocycles. The van der Waals surface area contributed by atoms with Crippen molar-refractivity contribution in [1.29, 1.82) is 0 Å². The van der Waals surface area contributed by atoms with Crippen molar-refractivity contribution in [2.45, 2.75) is 18.9 Å². The van der Waals surface area contributed by atoms with Gasteiger partial charge in [-0.15, -0.1) is 0 Å². The lowest BCUT2D eigenvalue weighted by Gasteiger charge is -2.11. The molecule has 0 saturated carbocycles. The molecule has 1 heterocycles. The summed E-state index contributed by atoms with van der Waals surface area (Å²) in [4.78, 5) is 11.9. The van der Waals surface area contributed by atoms with Crippen LogP contribution in [-0.4, -0.2) is 32.3 Å². The van der Waals surface area contributed by atoms with E-state index in [1.54, 1.807) is 18.2 Å². The van der Waals surface area contributed by atoms with Crippen LogP contribution in [0.15, 0.2) is 18.2 Å². The molecule has 1 aromatic rings. The third-order valence-electron chi connectivity index (χ3n) is 3.01. The molecular weight excluding hydrogens is 232 g/mol. The summed E-state index contributed by atoms with van der Waals surface area (Å²) in [5.41, 5.74) is 6.76. The molecular formula is C13H18N2O3. The van der Waals surface area contributed by atoms with Gasteiger partial charge in [-0.2, -0.15) is 0 Å². The van der Waals surface area contributed by atoms with E-state index in [4.69, 9.17) is 15.2 Å². The zero-order valence-electron chi connectivity index (χ0n) is 10.4. The molecule has 0 aromatic heterocycles. The number of benzene rings is 1. The molecule has 1 atom stereocenters. The number of amides is 1. The van der Waals surface area contributed by atoms with Crippen molar-refractivity contribution in [1.82, 2.24) is 5.32 Å². The van der Waals surface area contributed by atoms with Crippen molar-refractivity contribution < 1.29 is 14.3 Å². The molecule has 1 unspecified atom stereocenters. The van der Waals surface area contributed by atoms with Gasteiger partial charge in [0.1, 0.15) is 5.75 Å². The minimum atomic E-state index is -0.135. The third-order valence-corrected chi connectivity index (χ3v) is 3.01. The minimum Gasteiger partial charge on any atom is -0.495 e. The summed E-state index contributed by atoms with van der Waals surface area (Å²) in [6.45, 7) is 1.34. The summed E-state index contributed by atoms with van der Waals surface area (Å²) >= 11 is 0. The summed E-state index contributed by atoms with van der Waals surface area (Å²) in [7, 11) is 1.53. The summed E-state index contributed by atoms with van der Waals surface area (Å²) in [5, 5.41) is 2.85. The van der Waals surface area contributed by atoms with Crippen LogP contribution in [0, 0.1) is 0 Å². The van der Waals surface area contributed by atoms with Crippen molar-refractivity contribution in [2.75, 3.05) is 26.0 Å². The number of carbonyl (C=O) groups excluding carboxylic acids is 1. The predicted molar refractivity (Wildman–Crippen MR) is 68.7 cm³/mol. The number of methoxy groups -OCH3 is 1. The predicted octanol–water partition coefficient (Wildman–Crippen LogP) is 1.19. The first kappa shape index (κ1) is 12.7. The van der Waals surface area contributed by atoms with Gasteiger partial charge in [-0.25, -0.2) is 0 Å². The number of hydrogen-bond acceptors (Lipinski definition) is 4. The Kier molecular flexibility index (Phi) is 4.04. The Bertz CT molecular complexity index is 428. The van der Waals surface area contributed by atoms with Crippen molar-refractivity contribution >= 4 is 11.6 Å². The maximum atomic E-state index is 11.9. The van der Waals surface area contributed by atoms with Crippen molar-refractivity contribution in [3.8, 4) is 5.75 Å². The topological polar surface area (TPSA) is 73.6 Å². The molecule has 1 aliphatic heterocycles. The molecule has 1 saturated heterocycles. The largest absolute Gasteiger partial charge is 0.495 e. The SMILES string of the molecule is COc1cc(C(=O)NCC2CCCO2)ccc1N. The van der Waals surface area contributed by atoms with E-state index in [9.17, 15) is 4.79 Å². The van der Waals surface area contributed by atoms with E-state index >= 15 is 0 Å². The fourth-order valence-corrected chi connectivity index (χ4v) is 1.97. The van der Waals surface area contributed by atoms with E-state index in [2.05, 4.69) is 5.32 Å². The van der Waals surface area contributed by atoms with E-state index in [1.807, 2.05) is 0 Å². The average Bonchev–Trinajstić information content (AvgIpc) is 2.89. The average molecular weight is 250 g/mol. The molecule has 5 heteroatoms. The monoisotopic (exact) mass is 250 g/mol. The Morgan fingerprint density at radius 2 is 2.44 bits per heavy atom. The van der Waals surface area contributed by atoms with Crippen LogP contribution in [0.2, 0.25) is 0 Å². The highest BCUT2D eigenvalue weighted by Crippen LogP contribution is 2.22. The van der Waals surface area contributed by atoms with Gasteiger partial charge in [0, 0.05) is 18.7 Å². The number of nitrogen functional groups attached to an aromatic ring is 1.